The van der Waals surface area contributed by atoms with Crippen molar-refractivity contribution in [2.24, 2.45) is 0 Å². The summed E-state index contributed by atoms with van der Waals surface area (Å²) >= 11 is 0. The molecule has 35 heavy (non-hydrogen) atoms. The van der Waals surface area contributed by atoms with E-state index in [1.165, 1.54) is 5.56 Å². The number of carbonyl (C=O) groups is 2. The zero-order valence-electron chi connectivity index (χ0n) is 20.0. The summed E-state index contributed by atoms with van der Waals surface area (Å²) in [5, 5.41) is 10.1. The maximum absolute atomic E-state index is 13.1. The second kappa shape index (κ2) is 9.58. The number of rotatable bonds is 6. The number of nitrogens with zero attached hydrogens (tertiary/aromatic N) is 4. The molecule has 9 nitrogen and oxygen atoms in total. The van der Waals surface area contributed by atoms with E-state index in [1.54, 1.807) is 24.5 Å². The number of aryl methyl sites for hydroxylation is 1. The second-order valence-electron chi connectivity index (χ2n) is 9.21. The average molecular weight is 475 g/mol. The first-order valence-corrected chi connectivity index (χ1v) is 12.1. The fourth-order valence-electron chi connectivity index (χ4n) is 5.59. The molecule has 0 saturated carbocycles. The molecule has 2 amide bonds. The minimum Gasteiger partial charge on any atom is -0.375 e. The number of hydrogen-bond acceptors (Lipinski definition) is 6. The summed E-state index contributed by atoms with van der Waals surface area (Å²) in [6, 6.07) is 11.5. The molecule has 3 aromatic rings. The standard InChI is InChI=1S/C26H30N6O3/c1-3-35-24-23(29-25(34)18-7-6-12-27-16-18)19-8-4-5-9-20(19)26(24)10-13-32(14-11-26)22(33)15-21-28-17(2)30-31-21/h4-9,12,16,23-24H,3,10-11,13-15H2,1-2H3,(H,29,34)(H,28,30,31)/t23-,24+/m1/s1. The molecule has 1 aliphatic heterocycles. The molecule has 1 aliphatic carbocycles. The fourth-order valence-corrected chi connectivity index (χ4v) is 5.59. The summed E-state index contributed by atoms with van der Waals surface area (Å²) in [5.41, 5.74) is 2.52. The molecule has 5 rings (SSSR count). The summed E-state index contributed by atoms with van der Waals surface area (Å²) in [5.74, 6) is 1.07. The lowest BCUT2D eigenvalue weighted by atomic mass is 9.71. The molecular formula is C26H30N6O3. The van der Waals surface area contributed by atoms with Crippen LogP contribution in [0.1, 0.15) is 58.9 Å². The van der Waals surface area contributed by atoms with Crippen LogP contribution in [0.5, 0.6) is 0 Å². The van der Waals surface area contributed by atoms with Crippen molar-refractivity contribution in [3.63, 3.8) is 0 Å². The number of amides is 2. The predicted molar refractivity (Wildman–Crippen MR) is 129 cm³/mol. The molecule has 1 spiro atoms. The molecule has 9 heteroatoms. The maximum atomic E-state index is 13.1. The Labute approximate surface area is 204 Å². The number of benzene rings is 1. The van der Waals surface area contributed by atoms with Crippen LogP contribution in [-0.4, -0.2) is 62.7 Å². The third-order valence-electron chi connectivity index (χ3n) is 7.20. The number of likely N-dealkylation sites (tertiary alicyclic amines) is 1. The van der Waals surface area contributed by atoms with E-state index in [1.807, 2.05) is 30.9 Å². The summed E-state index contributed by atoms with van der Waals surface area (Å²) < 4.78 is 6.36. The van der Waals surface area contributed by atoms with Crippen molar-refractivity contribution in [1.29, 1.82) is 0 Å². The number of carbonyl (C=O) groups excluding carboxylic acids is 2. The zero-order valence-corrected chi connectivity index (χ0v) is 20.0. The van der Waals surface area contributed by atoms with E-state index in [4.69, 9.17) is 4.74 Å². The summed E-state index contributed by atoms with van der Waals surface area (Å²) in [7, 11) is 0. The van der Waals surface area contributed by atoms with Gasteiger partial charge in [0, 0.05) is 37.5 Å². The van der Waals surface area contributed by atoms with Crippen molar-refractivity contribution in [3.05, 3.63) is 77.1 Å². The van der Waals surface area contributed by atoms with Gasteiger partial charge in [-0.15, -0.1) is 0 Å². The van der Waals surface area contributed by atoms with Gasteiger partial charge in [0.05, 0.1) is 24.1 Å². The highest BCUT2D eigenvalue weighted by atomic mass is 16.5. The Kier molecular flexibility index (Phi) is 6.34. The fraction of sp³-hybridized carbons (Fsp3) is 0.423. The molecule has 1 aromatic carbocycles. The quantitative estimate of drug-likeness (QED) is 0.568. The lowest BCUT2D eigenvalue weighted by Gasteiger charge is -2.44. The van der Waals surface area contributed by atoms with Crippen LogP contribution in [-0.2, 0) is 21.4 Å². The molecule has 2 atom stereocenters. The maximum Gasteiger partial charge on any atom is 0.253 e. The molecular weight excluding hydrogens is 444 g/mol. The van der Waals surface area contributed by atoms with Crippen molar-refractivity contribution in [3.8, 4) is 0 Å². The monoisotopic (exact) mass is 474 g/mol. The van der Waals surface area contributed by atoms with Crippen molar-refractivity contribution in [2.75, 3.05) is 19.7 Å². The minimum absolute atomic E-state index is 0.0273. The third kappa shape index (κ3) is 4.32. The zero-order chi connectivity index (χ0) is 24.4. The number of fused-ring (bicyclic) bond motifs is 2. The molecule has 182 valence electrons. The van der Waals surface area contributed by atoms with Crippen LogP contribution in [0.3, 0.4) is 0 Å². The van der Waals surface area contributed by atoms with Crippen LogP contribution in [0.4, 0.5) is 0 Å². The van der Waals surface area contributed by atoms with Gasteiger partial charge in [-0.2, -0.15) is 5.10 Å². The number of hydrogen-bond donors (Lipinski definition) is 2. The first kappa shape index (κ1) is 23.2. The highest BCUT2D eigenvalue weighted by Crippen LogP contribution is 2.52. The predicted octanol–water partition coefficient (Wildman–Crippen LogP) is 2.50. The van der Waals surface area contributed by atoms with Gasteiger partial charge in [-0.05, 0) is 49.9 Å². The van der Waals surface area contributed by atoms with Crippen molar-refractivity contribution in [1.82, 2.24) is 30.4 Å². The lowest BCUT2D eigenvalue weighted by molar-refractivity contribution is -0.133. The first-order valence-electron chi connectivity index (χ1n) is 12.1. The molecule has 0 unspecified atom stereocenters. The van der Waals surface area contributed by atoms with Crippen molar-refractivity contribution < 1.29 is 14.3 Å². The van der Waals surface area contributed by atoms with Gasteiger partial charge in [0.15, 0.2) is 5.82 Å². The van der Waals surface area contributed by atoms with Gasteiger partial charge in [0.1, 0.15) is 5.82 Å². The van der Waals surface area contributed by atoms with Gasteiger partial charge in [-0.3, -0.25) is 19.7 Å². The van der Waals surface area contributed by atoms with E-state index in [9.17, 15) is 9.59 Å². The van der Waals surface area contributed by atoms with Crippen LogP contribution < -0.4 is 5.32 Å². The van der Waals surface area contributed by atoms with E-state index >= 15 is 0 Å². The van der Waals surface area contributed by atoms with Gasteiger partial charge >= 0.3 is 0 Å². The van der Waals surface area contributed by atoms with Crippen LogP contribution in [0.2, 0.25) is 0 Å². The second-order valence-corrected chi connectivity index (χ2v) is 9.21. The number of aromatic nitrogens is 4. The van der Waals surface area contributed by atoms with Gasteiger partial charge in [0.2, 0.25) is 5.91 Å². The lowest BCUT2D eigenvalue weighted by Crippen LogP contribution is -2.52. The molecule has 1 fully saturated rings. The Hall–Kier alpha value is -3.59. The SMILES string of the molecule is CCO[C@H]1[C@H](NC(=O)c2cccnc2)c2ccccc2C12CCN(C(=O)Cc1n[nH]c(C)n1)CC2. The van der Waals surface area contributed by atoms with E-state index in [0.29, 0.717) is 36.9 Å². The van der Waals surface area contributed by atoms with E-state index < -0.39 is 0 Å². The Morgan fingerprint density at radius 3 is 2.69 bits per heavy atom. The summed E-state index contributed by atoms with van der Waals surface area (Å²) in [4.78, 5) is 36.2. The van der Waals surface area contributed by atoms with Crippen molar-refractivity contribution in [2.45, 2.75) is 50.7 Å². The molecule has 2 aromatic heterocycles. The highest BCUT2D eigenvalue weighted by molar-refractivity contribution is 5.94. The first-order chi connectivity index (χ1) is 17.0. The normalized spacial score (nSPS) is 20.6. The van der Waals surface area contributed by atoms with Crippen LogP contribution in [0.25, 0.3) is 0 Å². The molecule has 0 radical (unpaired) electrons. The number of ether oxygens (including phenoxy) is 1. The van der Waals surface area contributed by atoms with Crippen molar-refractivity contribution >= 4 is 11.8 Å². The van der Waals surface area contributed by atoms with Gasteiger partial charge in [0.25, 0.3) is 5.91 Å². The topological polar surface area (TPSA) is 113 Å². The van der Waals surface area contributed by atoms with Gasteiger partial charge in [-0.1, -0.05) is 24.3 Å². The Balaban J connectivity index is 1.38. The van der Waals surface area contributed by atoms with Crippen LogP contribution in [0.15, 0.2) is 48.8 Å². The minimum atomic E-state index is -0.280. The molecule has 2 aliphatic rings. The van der Waals surface area contributed by atoms with Gasteiger partial charge in [-0.25, -0.2) is 4.98 Å². The average Bonchev–Trinajstić information content (AvgIpc) is 3.40. The molecule has 1 saturated heterocycles. The van der Waals surface area contributed by atoms with E-state index in [-0.39, 0.29) is 35.8 Å². The van der Waals surface area contributed by atoms with E-state index in [2.05, 4.69) is 37.6 Å². The largest absolute Gasteiger partial charge is 0.375 e. The van der Waals surface area contributed by atoms with E-state index in [0.717, 1.165) is 18.4 Å². The Morgan fingerprint density at radius 2 is 2.00 bits per heavy atom. The highest BCUT2D eigenvalue weighted by Gasteiger charge is 2.54. The number of pyridine rings is 1. The molecule has 0 bridgehead atoms. The molecule has 2 N–H and O–H groups in total. The number of H-pyrrole nitrogens is 1. The Bertz CT molecular complexity index is 1200. The smallest absolute Gasteiger partial charge is 0.253 e. The molecule has 3 heterocycles. The van der Waals surface area contributed by atoms with Crippen LogP contribution in [0, 0.1) is 6.92 Å². The summed E-state index contributed by atoms with van der Waals surface area (Å²) in [6.45, 7) is 5.56. The number of aromatic amines is 1. The van der Waals surface area contributed by atoms with Gasteiger partial charge < -0.3 is 15.0 Å². The third-order valence-corrected chi connectivity index (χ3v) is 7.20. The number of piperidine rings is 1. The number of nitrogens with one attached hydrogen (secondary N) is 2. The summed E-state index contributed by atoms with van der Waals surface area (Å²) in [6.07, 6.45) is 4.70. The Morgan fingerprint density at radius 1 is 1.20 bits per heavy atom. The van der Waals surface area contributed by atoms with Crippen LogP contribution >= 0.6 is 0 Å².